The van der Waals surface area contributed by atoms with Crippen LogP contribution in [0.4, 0.5) is 5.69 Å². The first kappa shape index (κ1) is 20.8. The Labute approximate surface area is 182 Å². The van der Waals surface area contributed by atoms with E-state index in [0.717, 1.165) is 47.6 Å². The highest BCUT2D eigenvalue weighted by atomic mass is 16.5. The average molecular weight is 418 g/mol. The fraction of sp³-hybridized carbons (Fsp3) is 0.269. The standard InChI is InChI=1S/C26H27NO4/c1-30-22-14-8-19(9-15-22)25-24(5-3-4-18-6-12-21(28)13-7-18)26(29)27(25)20-10-16-23(31-2)17-11-20/h6-17,24-25,28H,3-5H2,1-2H3/t24-,25-/m1/s1. The maximum absolute atomic E-state index is 13.1. The molecule has 3 aromatic carbocycles. The minimum atomic E-state index is -0.0624. The van der Waals surface area contributed by atoms with Gasteiger partial charge in [0.15, 0.2) is 0 Å². The van der Waals surface area contributed by atoms with Crippen molar-refractivity contribution < 1.29 is 19.4 Å². The van der Waals surface area contributed by atoms with Crippen molar-refractivity contribution in [3.05, 3.63) is 83.9 Å². The van der Waals surface area contributed by atoms with Crippen LogP contribution in [0.3, 0.4) is 0 Å². The lowest BCUT2D eigenvalue weighted by Crippen LogP contribution is -2.55. The molecule has 1 aliphatic heterocycles. The van der Waals surface area contributed by atoms with E-state index in [2.05, 4.69) is 0 Å². The molecular formula is C26H27NO4. The van der Waals surface area contributed by atoms with Crippen molar-refractivity contribution in [2.45, 2.75) is 25.3 Å². The zero-order valence-electron chi connectivity index (χ0n) is 17.8. The zero-order chi connectivity index (χ0) is 21.8. The molecule has 5 heteroatoms. The quantitative estimate of drug-likeness (QED) is 0.516. The van der Waals surface area contributed by atoms with E-state index in [1.54, 1.807) is 26.4 Å². The third kappa shape index (κ3) is 4.36. The van der Waals surface area contributed by atoms with E-state index < -0.39 is 0 Å². The molecule has 5 nitrogen and oxygen atoms in total. The van der Waals surface area contributed by atoms with E-state index in [4.69, 9.17) is 9.47 Å². The largest absolute Gasteiger partial charge is 0.508 e. The molecule has 0 aromatic heterocycles. The number of anilines is 1. The molecular weight excluding hydrogens is 390 g/mol. The van der Waals surface area contributed by atoms with Crippen molar-refractivity contribution in [1.29, 1.82) is 0 Å². The van der Waals surface area contributed by atoms with Gasteiger partial charge in [-0.3, -0.25) is 4.79 Å². The van der Waals surface area contributed by atoms with Gasteiger partial charge in [0.25, 0.3) is 0 Å². The molecule has 1 N–H and O–H groups in total. The van der Waals surface area contributed by atoms with Crippen LogP contribution in [0.2, 0.25) is 0 Å². The Morgan fingerprint density at radius 3 is 2.00 bits per heavy atom. The molecule has 2 atom stereocenters. The summed E-state index contributed by atoms with van der Waals surface area (Å²) < 4.78 is 10.6. The minimum absolute atomic E-state index is 0.00776. The Morgan fingerprint density at radius 1 is 0.839 bits per heavy atom. The summed E-state index contributed by atoms with van der Waals surface area (Å²) in [4.78, 5) is 15.0. The second-order valence-electron chi connectivity index (χ2n) is 7.79. The van der Waals surface area contributed by atoms with Crippen LogP contribution in [0.25, 0.3) is 0 Å². The predicted molar refractivity (Wildman–Crippen MR) is 121 cm³/mol. The summed E-state index contributed by atoms with van der Waals surface area (Å²) in [6.45, 7) is 0. The Hall–Kier alpha value is -3.47. The molecule has 0 saturated carbocycles. The van der Waals surface area contributed by atoms with E-state index in [1.165, 1.54) is 0 Å². The first-order valence-electron chi connectivity index (χ1n) is 10.5. The van der Waals surface area contributed by atoms with Crippen LogP contribution in [0.15, 0.2) is 72.8 Å². The number of methoxy groups -OCH3 is 2. The number of hydrogen-bond donors (Lipinski definition) is 1. The first-order chi connectivity index (χ1) is 15.1. The highest BCUT2D eigenvalue weighted by Gasteiger charge is 2.48. The lowest BCUT2D eigenvalue weighted by atomic mass is 9.78. The zero-order valence-corrected chi connectivity index (χ0v) is 17.8. The molecule has 1 heterocycles. The molecule has 1 aliphatic rings. The maximum atomic E-state index is 13.1. The number of amides is 1. The molecule has 0 unspecified atom stereocenters. The monoisotopic (exact) mass is 417 g/mol. The van der Waals surface area contributed by atoms with Gasteiger partial charge in [0.2, 0.25) is 5.91 Å². The SMILES string of the molecule is COc1ccc([C@@H]2[C@@H](CCCc3ccc(O)cc3)C(=O)N2c2ccc(OC)cc2)cc1. The third-order valence-electron chi connectivity index (χ3n) is 5.94. The number of carbonyl (C=O) groups is 1. The van der Waals surface area contributed by atoms with Crippen LogP contribution in [0, 0.1) is 5.92 Å². The van der Waals surface area contributed by atoms with Gasteiger partial charge in [0.05, 0.1) is 26.2 Å². The number of ether oxygens (including phenoxy) is 2. The van der Waals surface area contributed by atoms with Crippen molar-refractivity contribution in [3.63, 3.8) is 0 Å². The molecule has 0 bridgehead atoms. The Kier molecular flexibility index (Phi) is 6.12. The van der Waals surface area contributed by atoms with Gasteiger partial charge in [-0.2, -0.15) is 0 Å². The van der Waals surface area contributed by atoms with Crippen LogP contribution < -0.4 is 14.4 Å². The van der Waals surface area contributed by atoms with Crippen molar-refractivity contribution >= 4 is 11.6 Å². The van der Waals surface area contributed by atoms with Crippen molar-refractivity contribution in [1.82, 2.24) is 0 Å². The van der Waals surface area contributed by atoms with E-state index in [9.17, 15) is 9.90 Å². The molecule has 0 radical (unpaired) electrons. The van der Waals surface area contributed by atoms with Crippen LogP contribution >= 0.6 is 0 Å². The number of phenols is 1. The summed E-state index contributed by atoms with van der Waals surface area (Å²) in [5.74, 6) is 1.93. The second-order valence-corrected chi connectivity index (χ2v) is 7.79. The average Bonchev–Trinajstić information content (AvgIpc) is 2.81. The lowest BCUT2D eigenvalue weighted by molar-refractivity contribution is -0.130. The van der Waals surface area contributed by atoms with Gasteiger partial charge in [-0.05, 0) is 78.9 Å². The maximum Gasteiger partial charge on any atom is 0.233 e. The van der Waals surface area contributed by atoms with Crippen LogP contribution in [-0.4, -0.2) is 25.2 Å². The highest BCUT2D eigenvalue weighted by molar-refractivity contribution is 6.03. The van der Waals surface area contributed by atoms with Gasteiger partial charge in [0, 0.05) is 5.69 Å². The third-order valence-corrected chi connectivity index (χ3v) is 5.94. The number of nitrogens with zero attached hydrogens (tertiary/aromatic N) is 1. The van der Waals surface area contributed by atoms with E-state index in [-0.39, 0.29) is 23.6 Å². The molecule has 3 aromatic rings. The van der Waals surface area contributed by atoms with Crippen LogP contribution in [0.5, 0.6) is 17.2 Å². The second kappa shape index (κ2) is 9.13. The molecule has 4 rings (SSSR count). The van der Waals surface area contributed by atoms with Gasteiger partial charge in [-0.25, -0.2) is 0 Å². The van der Waals surface area contributed by atoms with E-state index in [1.807, 2.05) is 65.6 Å². The number of β-lactam (4-membered cyclic amide) rings is 1. The Bertz CT molecular complexity index is 1010. The van der Waals surface area contributed by atoms with Crippen LogP contribution in [0.1, 0.15) is 30.0 Å². The summed E-state index contributed by atoms with van der Waals surface area (Å²) in [6, 6.07) is 22.9. The van der Waals surface area contributed by atoms with Crippen molar-refractivity contribution in [3.8, 4) is 17.2 Å². The van der Waals surface area contributed by atoms with E-state index >= 15 is 0 Å². The van der Waals surface area contributed by atoms with Gasteiger partial charge in [-0.15, -0.1) is 0 Å². The smallest absolute Gasteiger partial charge is 0.233 e. The molecule has 0 spiro atoms. The fourth-order valence-electron chi connectivity index (χ4n) is 4.23. The fourth-order valence-corrected chi connectivity index (χ4v) is 4.23. The predicted octanol–water partition coefficient (Wildman–Crippen LogP) is 5.14. The molecule has 1 amide bonds. The van der Waals surface area contributed by atoms with Gasteiger partial charge < -0.3 is 19.5 Å². The molecule has 1 saturated heterocycles. The van der Waals surface area contributed by atoms with Gasteiger partial charge in [0.1, 0.15) is 17.2 Å². The number of phenolic OH excluding ortho intramolecular Hbond substituents is 1. The highest BCUT2D eigenvalue weighted by Crippen LogP contribution is 2.46. The Balaban J connectivity index is 1.52. The summed E-state index contributed by atoms with van der Waals surface area (Å²) in [7, 11) is 3.28. The number of benzene rings is 3. The number of hydrogen-bond acceptors (Lipinski definition) is 4. The molecule has 0 aliphatic carbocycles. The minimum Gasteiger partial charge on any atom is -0.508 e. The lowest BCUT2D eigenvalue weighted by Gasteiger charge is -2.47. The van der Waals surface area contributed by atoms with Gasteiger partial charge in [-0.1, -0.05) is 24.3 Å². The Morgan fingerprint density at radius 2 is 1.42 bits per heavy atom. The molecule has 31 heavy (non-hydrogen) atoms. The van der Waals surface area contributed by atoms with E-state index in [0.29, 0.717) is 0 Å². The normalized spacial score (nSPS) is 17.9. The number of aromatic hydroxyl groups is 1. The molecule has 160 valence electrons. The summed E-state index contributed by atoms with van der Waals surface area (Å²) in [5, 5.41) is 9.45. The number of carbonyl (C=O) groups excluding carboxylic acids is 1. The summed E-state index contributed by atoms with van der Waals surface area (Å²) >= 11 is 0. The number of aryl methyl sites for hydroxylation is 1. The summed E-state index contributed by atoms with van der Waals surface area (Å²) in [5.41, 5.74) is 3.14. The van der Waals surface area contributed by atoms with Crippen molar-refractivity contribution in [2.24, 2.45) is 5.92 Å². The van der Waals surface area contributed by atoms with Gasteiger partial charge >= 0.3 is 0 Å². The summed E-state index contributed by atoms with van der Waals surface area (Å²) in [6.07, 6.45) is 2.59. The number of rotatable bonds is 8. The molecule has 1 fully saturated rings. The van der Waals surface area contributed by atoms with Crippen LogP contribution in [-0.2, 0) is 11.2 Å². The van der Waals surface area contributed by atoms with Crippen molar-refractivity contribution in [2.75, 3.05) is 19.1 Å². The topological polar surface area (TPSA) is 59.0 Å². The first-order valence-corrected chi connectivity index (χ1v) is 10.5.